The molecule has 1 heterocycles. The molecule has 4 nitrogen and oxygen atoms in total. The predicted octanol–water partition coefficient (Wildman–Crippen LogP) is 3.42. The highest BCUT2D eigenvalue weighted by atomic mass is 35.5. The first-order valence-corrected chi connectivity index (χ1v) is 6.50. The van der Waals surface area contributed by atoms with Crippen molar-refractivity contribution in [3.63, 3.8) is 0 Å². The Bertz CT molecular complexity index is 583. The smallest absolute Gasteiger partial charge is 0.365 e. The molecule has 0 aliphatic heterocycles. The second kappa shape index (κ2) is 5.37. The van der Waals surface area contributed by atoms with Gasteiger partial charge in [-0.25, -0.2) is 9.78 Å². The number of carboxylic acid groups (broad SMARTS) is 1. The molecule has 0 bridgehead atoms. The summed E-state index contributed by atoms with van der Waals surface area (Å²) in [4.78, 5) is 14.7. The number of aromatic carboxylic acids is 1. The van der Waals surface area contributed by atoms with Crippen molar-refractivity contribution in [2.45, 2.75) is 13.5 Å². The van der Waals surface area contributed by atoms with Crippen LogP contribution in [-0.2, 0) is 6.54 Å². The molecule has 2 N–H and O–H groups in total. The fourth-order valence-electron chi connectivity index (χ4n) is 1.38. The van der Waals surface area contributed by atoms with Crippen molar-refractivity contribution in [1.29, 1.82) is 0 Å². The molecule has 94 valence electrons. The third kappa shape index (κ3) is 3.00. The van der Waals surface area contributed by atoms with Gasteiger partial charge in [0.15, 0.2) is 0 Å². The predicted molar refractivity (Wildman–Crippen MR) is 72.6 cm³/mol. The van der Waals surface area contributed by atoms with E-state index >= 15 is 0 Å². The summed E-state index contributed by atoms with van der Waals surface area (Å²) in [5, 5.41) is 14.4. The normalized spacial score (nSPS) is 10.3. The maximum atomic E-state index is 10.7. The average molecular weight is 283 g/mol. The molecule has 0 unspecified atom stereocenters. The first-order chi connectivity index (χ1) is 8.56. The number of carboxylic acids is 1. The van der Waals surface area contributed by atoms with Crippen molar-refractivity contribution in [2.24, 2.45) is 0 Å². The topological polar surface area (TPSA) is 62.2 Å². The van der Waals surface area contributed by atoms with Crippen LogP contribution in [0.25, 0.3) is 0 Å². The van der Waals surface area contributed by atoms with Crippen LogP contribution in [0, 0.1) is 6.92 Å². The number of aryl methyl sites for hydroxylation is 1. The number of rotatable bonds is 4. The lowest BCUT2D eigenvalue weighted by molar-refractivity contribution is 0.0696. The number of anilines is 1. The summed E-state index contributed by atoms with van der Waals surface area (Å²) in [6.45, 7) is 2.41. The Labute approximate surface area is 113 Å². The summed E-state index contributed by atoms with van der Waals surface area (Å²) < 4.78 is 0. The number of benzene rings is 1. The minimum atomic E-state index is -0.996. The fourth-order valence-corrected chi connectivity index (χ4v) is 2.22. The van der Waals surface area contributed by atoms with Crippen molar-refractivity contribution in [3.05, 3.63) is 44.9 Å². The van der Waals surface area contributed by atoms with E-state index in [4.69, 9.17) is 16.7 Å². The molecule has 2 rings (SSSR count). The van der Waals surface area contributed by atoms with E-state index < -0.39 is 5.97 Å². The molecule has 0 radical (unpaired) electrons. The molecule has 0 atom stereocenters. The van der Waals surface area contributed by atoms with E-state index in [0.717, 1.165) is 22.6 Å². The Morgan fingerprint density at radius 2 is 2.33 bits per heavy atom. The summed E-state index contributed by atoms with van der Waals surface area (Å²) in [6, 6.07) is 5.68. The molecule has 0 fully saturated rings. The number of nitrogens with one attached hydrogen (secondary N) is 1. The second-order valence-corrected chi connectivity index (χ2v) is 5.03. The molecule has 1 aromatic heterocycles. The Kier molecular flexibility index (Phi) is 3.84. The van der Waals surface area contributed by atoms with E-state index in [-0.39, 0.29) is 5.01 Å². The quantitative estimate of drug-likeness (QED) is 0.902. The molecular weight excluding hydrogens is 272 g/mol. The first kappa shape index (κ1) is 12.9. The Hall–Kier alpha value is -1.59. The van der Waals surface area contributed by atoms with Gasteiger partial charge in [-0.1, -0.05) is 17.7 Å². The second-order valence-electron chi connectivity index (χ2n) is 3.77. The largest absolute Gasteiger partial charge is 0.476 e. The molecule has 0 aliphatic rings. The van der Waals surface area contributed by atoms with E-state index in [1.165, 1.54) is 0 Å². The molecule has 0 saturated carbocycles. The molecular formula is C12H11ClN2O2S. The third-order valence-electron chi connectivity index (χ3n) is 2.38. The number of nitrogens with zero attached hydrogens (tertiary/aromatic N) is 1. The molecule has 18 heavy (non-hydrogen) atoms. The summed E-state index contributed by atoms with van der Waals surface area (Å²) in [7, 11) is 0. The van der Waals surface area contributed by atoms with Crippen LogP contribution in [0.4, 0.5) is 5.69 Å². The van der Waals surface area contributed by atoms with Gasteiger partial charge in [0.2, 0.25) is 5.01 Å². The van der Waals surface area contributed by atoms with Crippen molar-refractivity contribution < 1.29 is 9.90 Å². The van der Waals surface area contributed by atoms with Gasteiger partial charge < -0.3 is 10.4 Å². The number of hydrogen-bond donors (Lipinski definition) is 2. The van der Waals surface area contributed by atoms with Gasteiger partial charge in [-0.3, -0.25) is 0 Å². The SMILES string of the molecule is Cc1ccc(NCc2csc(C(=O)O)n2)cc1Cl. The van der Waals surface area contributed by atoms with Crippen molar-refractivity contribution in [3.8, 4) is 0 Å². The van der Waals surface area contributed by atoms with Crippen molar-refractivity contribution in [2.75, 3.05) is 5.32 Å². The molecule has 0 spiro atoms. The van der Waals surface area contributed by atoms with E-state index in [1.807, 2.05) is 25.1 Å². The van der Waals surface area contributed by atoms with Crippen LogP contribution in [0.3, 0.4) is 0 Å². The van der Waals surface area contributed by atoms with Crippen LogP contribution in [0.1, 0.15) is 21.1 Å². The van der Waals surface area contributed by atoms with Gasteiger partial charge in [-0.2, -0.15) is 0 Å². The van der Waals surface area contributed by atoms with Crippen LogP contribution in [-0.4, -0.2) is 16.1 Å². The summed E-state index contributed by atoms with van der Waals surface area (Å²) in [5.41, 5.74) is 2.61. The lowest BCUT2D eigenvalue weighted by Crippen LogP contribution is -2.01. The molecule has 0 amide bonds. The highest BCUT2D eigenvalue weighted by molar-refractivity contribution is 7.11. The zero-order chi connectivity index (χ0) is 13.1. The summed E-state index contributed by atoms with van der Waals surface area (Å²) >= 11 is 7.13. The maximum Gasteiger partial charge on any atom is 0.365 e. The maximum absolute atomic E-state index is 10.7. The van der Waals surface area contributed by atoms with Crippen LogP contribution in [0.2, 0.25) is 5.02 Å². The molecule has 2 aromatic rings. The molecule has 0 aliphatic carbocycles. The number of halogens is 1. The number of aromatic nitrogens is 1. The van der Waals surface area contributed by atoms with Gasteiger partial charge >= 0.3 is 5.97 Å². The average Bonchev–Trinajstić information content (AvgIpc) is 2.79. The molecule has 0 saturated heterocycles. The number of hydrogen-bond acceptors (Lipinski definition) is 4. The zero-order valence-corrected chi connectivity index (χ0v) is 11.2. The lowest BCUT2D eigenvalue weighted by atomic mass is 10.2. The van der Waals surface area contributed by atoms with Gasteiger partial charge in [-0.15, -0.1) is 11.3 Å². The van der Waals surface area contributed by atoms with Crippen LogP contribution in [0.15, 0.2) is 23.6 Å². The van der Waals surface area contributed by atoms with Crippen LogP contribution in [0.5, 0.6) is 0 Å². The van der Waals surface area contributed by atoms with E-state index in [2.05, 4.69) is 10.3 Å². The Morgan fingerprint density at radius 1 is 1.56 bits per heavy atom. The van der Waals surface area contributed by atoms with E-state index in [9.17, 15) is 4.79 Å². The first-order valence-electron chi connectivity index (χ1n) is 5.24. The van der Waals surface area contributed by atoms with Crippen molar-refractivity contribution in [1.82, 2.24) is 4.98 Å². The highest BCUT2D eigenvalue weighted by Gasteiger charge is 2.08. The van der Waals surface area contributed by atoms with Crippen LogP contribution < -0.4 is 5.32 Å². The fraction of sp³-hybridized carbons (Fsp3) is 0.167. The zero-order valence-electron chi connectivity index (χ0n) is 9.61. The third-order valence-corrected chi connectivity index (χ3v) is 3.67. The Morgan fingerprint density at radius 3 is 2.94 bits per heavy atom. The van der Waals surface area contributed by atoms with Gasteiger partial charge in [0.05, 0.1) is 12.2 Å². The monoisotopic (exact) mass is 282 g/mol. The number of carbonyl (C=O) groups is 1. The van der Waals surface area contributed by atoms with E-state index in [0.29, 0.717) is 17.3 Å². The summed E-state index contributed by atoms with van der Waals surface area (Å²) in [5.74, 6) is -0.996. The lowest BCUT2D eigenvalue weighted by Gasteiger charge is -2.06. The molecule has 1 aromatic carbocycles. The summed E-state index contributed by atoms with van der Waals surface area (Å²) in [6.07, 6.45) is 0. The van der Waals surface area contributed by atoms with Gasteiger partial charge in [0.1, 0.15) is 0 Å². The van der Waals surface area contributed by atoms with Crippen molar-refractivity contribution >= 4 is 34.6 Å². The Balaban J connectivity index is 2.02. The minimum absolute atomic E-state index is 0.105. The standard InChI is InChI=1S/C12H11ClN2O2S/c1-7-2-3-8(4-10(7)13)14-5-9-6-18-11(15-9)12(16)17/h2-4,6,14H,5H2,1H3,(H,16,17). The van der Waals surface area contributed by atoms with Gasteiger partial charge in [0, 0.05) is 16.1 Å². The van der Waals surface area contributed by atoms with E-state index in [1.54, 1.807) is 5.38 Å². The van der Waals surface area contributed by atoms with Gasteiger partial charge in [0.25, 0.3) is 0 Å². The highest BCUT2D eigenvalue weighted by Crippen LogP contribution is 2.20. The van der Waals surface area contributed by atoms with Gasteiger partial charge in [-0.05, 0) is 24.6 Å². The minimum Gasteiger partial charge on any atom is -0.476 e. The van der Waals surface area contributed by atoms with Crippen LogP contribution >= 0.6 is 22.9 Å². The molecule has 6 heteroatoms. The number of thiazole rings is 1.